The minimum atomic E-state index is -1.17. The molecule has 1 aromatic carbocycles. The van der Waals surface area contributed by atoms with Crippen LogP contribution in [-0.2, 0) is 15.9 Å². The van der Waals surface area contributed by atoms with Crippen LogP contribution >= 0.6 is 0 Å². The quantitative estimate of drug-likeness (QED) is 0.0688. The Bertz CT molecular complexity index is 1640. The Balaban J connectivity index is 1.19. The number of anilines is 3. The Hall–Kier alpha value is -4.03. The number of hydrogen-bond donors (Lipinski definition) is 3. The summed E-state index contributed by atoms with van der Waals surface area (Å²) in [4.78, 5) is 29.0. The molecule has 1 aliphatic rings. The van der Waals surface area contributed by atoms with Crippen molar-refractivity contribution < 1.29 is 14.3 Å². The SMILES string of the molecule is CC(C)(C)OC(=O)Nc1cccc(CCCNc2cccc(-c3[nH]nc4nc(N(COCC[Si](C)(C)C)C5CCCCC5)ncc34)n2)c1. The van der Waals surface area contributed by atoms with Gasteiger partial charge in [-0.05, 0) is 82.3 Å². The second-order valence-corrected chi connectivity index (χ2v) is 20.5. The van der Waals surface area contributed by atoms with Crippen LogP contribution in [-0.4, -0.2) is 70.8 Å². The van der Waals surface area contributed by atoms with Crippen molar-refractivity contribution in [3.63, 3.8) is 0 Å². The zero-order valence-electron chi connectivity index (χ0n) is 29.4. The number of aryl methyl sites for hydroxylation is 1. The van der Waals surface area contributed by atoms with Gasteiger partial charge in [-0.1, -0.05) is 57.1 Å². The summed E-state index contributed by atoms with van der Waals surface area (Å²) in [5.74, 6) is 1.46. The van der Waals surface area contributed by atoms with Gasteiger partial charge >= 0.3 is 6.09 Å². The maximum Gasteiger partial charge on any atom is 0.412 e. The molecule has 1 fully saturated rings. The van der Waals surface area contributed by atoms with E-state index in [0.29, 0.717) is 24.4 Å². The number of nitrogens with zero attached hydrogens (tertiary/aromatic N) is 5. The Kier molecular flexibility index (Phi) is 11.7. The number of pyridine rings is 1. The minimum Gasteiger partial charge on any atom is -0.444 e. The molecule has 0 spiro atoms. The second kappa shape index (κ2) is 15.9. The van der Waals surface area contributed by atoms with Crippen molar-refractivity contribution in [3.8, 4) is 11.4 Å². The Labute approximate surface area is 285 Å². The number of carbonyl (C=O) groups is 1. The van der Waals surface area contributed by atoms with Crippen molar-refractivity contribution in [1.82, 2.24) is 25.1 Å². The summed E-state index contributed by atoms with van der Waals surface area (Å²) in [6, 6.07) is 15.3. The van der Waals surface area contributed by atoms with Gasteiger partial charge in [-0.15, -0.1) is 0 Å². The first-order chi connectivity index (χ1) is 22.9. The number of fused-ring (bicyclic) bond motifs is 1. The number of nitrogens with one attached hydrogen (secondary N) is 3. The maximum atomic E-state index is 12.1. The van der Waals surface area contributed by atoms with E-state index in [2.05, 4.69) is 51.4 Å². The molecule has 48 heavy (non-hydrogen) atoms. The summed E-state index contributed by atoms with van der Waals surface area (Å²) in [5, 5.41) is 14.8. The van der Waals surface area contributed by atoms with Gasteiger partial charge in [0, 0.05) is 39.2 Å². The van der Waals surface area contributed by atoms with Crippen LogP contribution in [0.4, 0.5) is 22.2 Å². The summed E-state index contributed by atoms with van der Waals surface area (Å²) < 4.78 is 11.6. The van der Waals surface area contributed by atoms with Gasteiger partial charge in [-0.25, -0.2) is 14.8 Å². The first-order valence-corrected chi connectivity index (χ1v) is 21.0. The highest BCUT2D eigenvalue weighted by Gasteiger charge is 2.25. The normalized spacial score (nSPS) is 14.2. The Morgan fingerprint density at radius 2 is 1.85 bits per heavy atom. The van der Waals surface area contributed by atoms with Crippen LogP contribution in [0.3, 0.4) is 0 Å². The van der Waals surface area contributed by atoms with E-state index in [9.17, 15) is 4.79 Å². The number of ether oxygens (including phenoxy) is 2. The molecule has 0 aliphatic heterocycles. The number of H-pyrrole nitrogens is 1. The molecular formula is C36H52N8O3Si. The van der Waals surface area contributed by atoms with Gasteiger partial charge in [0.15, 0.2) is 5.65 Å². The summed E-state index contributed by atoms with van der Waals surface area (Å²) in [6.07, 6.45) is 9.15. The molecule has 11 nitrogen and oxygen atoms in total. The van der Waals surface area contributed by atoms with Crippen molar-refractivity contribution in [2.24, 2.45) is 0 Å². The molecule has 3 aromatic heterocycles. The fraction of sp³-hybridized carbons (Fsp3) is 0.528. The van der Waals surface area contributed by atoms with Crippen molar-refractivity contribution >= 4 is 42.7 Å². The van der Waals surface area contributed by atoms with Gasteiger partial charge in [-0.3, -0.25) is 10.4 Å². The molecule has 258 valence electrons. The van der Waals surface area contributed by atoms with Gasteiger partial charge < -0.3 is 19.7 Å². The molecule has 3 N–H and O–H groups in total. The standard InChI is InChI=1S/C36H52N8O3Si/c1-36(2,3)47-35(45)39-27-15-10-13-26(23-27)14-12-20-37-31-19-11-18-30(40-31)32-29-24-38-34(41-33(29)43-42-32)44(28-16-8-7-9-17-28)25-46-21-22-48(4,5)6/h10-11,13,15,18-19,23-24,28H,7-9,12,14,16-17,20-22,25H2,1-6H3,(H,37,40)(H,39,45)(H,38,41,42,43). The predicted molar refractivity (Wildman–Crippen MR) is 196 cm³/mol. The van der Waals surface area contributed by atoms with Crippen molar-refractivity contribution in [2.75, 3.05) is 35.4 Å². The predicted octanol–water partition coefficient (Wildman–Crippen LogP) is 8.26. The van der Waals surface area contributed by atoms with Crippen LogP contribution in [0.1, 0.15) is 64.9 Å². The fourth-order valence-electron chi connectivity index (χ4n) is 5.80. The van der Waals surface area contributed by atoms with E-state index in [1.807, 2.05) is 63.4 Å². The molecule has 0 saturated heterocycles. The maximum absolute atomic E-state index is 12.1. The van der Waals surface area contributed by atoms with Crippen LogP contribution in [0, 0.1) is 0 Å². The van der Waals surface area contributed by atoms with E-state index < -0.39 is 19.8 Å². The molecule has 4 aromatic rings. The monoisotopic (exact) mass is 672 g/mol. The summed E-state index contributed by atoms with van der Waals surface area (Å²) >= 11 is 0. The highest BCUT2D eigenvalue weighted by Crippen LogP contribution is 2.29. The third-order valence-corrected chi connectivity index (χ3v) is 10.0. The molecule has 12 heteroatoms. The smallest absolute Gasteiger partial charge is 0.412 e. The van der Waals surface area contributed by atoms with E-state index in [-0.39, 0.29) is 0 Å². The highest BCUT2D eigenvalue weighted by molar-refractivity contribution is 6.76. The van der Waals surface area contributed by atoms with Crippen LogP contribution in [0.2, 0.25) is 25.7 Å². The molecule has 1 aliphatic carbocycles. The van der Waals surface area contributed by atoms with Crippen LogP contribution < -0.4 is 15.5 Å². The summed E-state index contributed by atoms with van der Waals surface area (Å²) in [6.45, 7) is 14.7. The molecule has 5 rings (SSSR count). The number of benzene rings is 1. The number of rotatable bonds is 14. The first-order valence-electron chi connectivity index (χ1n) is 17.3. The first kappa shape index (κ1) is 35.3. The molecule has 1 amide bonds. The number of aromatic amines is 1. The van der Waals surface area contributed by atoms with Gasteiger partial charge in [0.05, 0.1) is 16.8 Å². The average molecular weight is 673 g/mol. The minimum absolute atomic E-state index is 0.378. The summed E-state index contributed by atoms with van der Waals surface area (Å²) in [7, 11) is -1.17. The van der Waals surface area contributed by atoms with E-state index in [1.165, 1.54) is 19.3 Å². The van der Waals surface area contributed by atoms with E-state index >= 15 is 0 Å². The Morgan fingerprint density at radius 3 is 2.62 bits per heavy atom. The number of amides is 1. The highest BCUT2D eigenvalue weighted by atomic mass is 28.3. The molecule has 0 radical (unpaired) electrons. The van der Waals surface area contributed by atoms with Gasteiger partial charge in [0.2, 0.25) is 5.95 Å². The molecule has 1 saturated carbocycles. The van der Waals surface area contributed by atoms with Crippen LogP contribution in [0.25, 0.3) is 22.4 Å². The third kappa shape index (κ3) is 10.5. The van der Waals surface area contributed by atoms with Crippen molar-refractivity contribution in [3.05, 3.63) is 54.2 Å². The van der Waals surface area contributed by atoms with E-state index in [4.69, 9.17) is 24.4 Å². The van der Waals surface area contributed by atoms with Crippen LogP contribution in [0.5, 0.6) is 0 Å². The van der Waals surface area contributed by atoms with Crippen molar-refractivity contribution in [2.45, 2.75) is 103 Å². The zero-order chi connectivity index (χ0) is 34.1. The lowest BCUT2D eigenvalue weighted by molar-refractivity contribution is 0.0636. The van der Waals surface area contributed by atoms with E-state index in [0.717, 1.165) is 78.7 Å². The molecule has 0 unspecified atom stereocenters. The molecule has 0 atom stereocenters. The van der Waals surface area contributed by atoms with Gasteiger partial charge in [-0.2, -0.15) is 10.1 Å². The lowest BCUT2D eigenvalue weighted by Crippen LogP contribution is -2.40. The molecule has 0 bridgehead atoms. The largest absolute Gasteiger partial charge is 0.444 e. The average Bonchev–Trinajstić information content (AvgIpc) is 3.46. The number of carbonyl (C=O) groups excluding carboxylic acids is 1. The Morgan fingerprint density at radius 1 is 1.06 bits per heavy atom. The van der Waals surface area contributed by atoms with Crippen LogP contribution in [0.15, 0.2) is 48.7 Å². The van der Waals surface area contributed by atoms with Gasteiger partial charge in [0.1, 0.15) is 18.1 Å². The second-order valence-electron chi connectivity index (χ2n) is 14.9. The lowest BCUT2D eigenvalue weighted by atomic mass is 9.94. The molecule has 3 heterocycles. The number of hydrogen-bond acceptors (Lipinski definition) is 9. The van der Waals surface area contributed by atoms with Crippen molar-refractivity contribution in [1.29, 1.82) is 0 Å². The third-order valence-electron chi connectivity index (χ3n) is 8.32. The topological polar surface area (TPSA) is 130 Å². The fourth-order valence-corrected chi connectivity index (χ4v) is 6.55. The summed E-state index contributed by atoms with van der Waals surface area (Å²) in [5.41, 5.74) is 3.51. The van der Waals surface area contributed by atoms with Gasteiger partial charge in [0.25, 0.3) is 0 Å². The molecular weight excluding hydrogens is 621 g/mol. The lowest BCUT2D eigenvalue weighted by Gasteiger charge is -2.34. The van der Waals surface area contributed by atoms with E-state index in [1.54, 1.807) is 0 Å². The number of aromatic nitrogens is 5. The zero-order valence-corrected chi connectivity index (χ0v) is 30.4.